The smallest absolute Gasteiger partial charge is 0.263 e. The van der Waals surface area contributed by atoms with Crippen LogP contribution in [0.3, 0.4) is 0 Å². The molecule has 0 fully saturated rings. The maximum absolute atomic E-state index is 12.4. The van der Waals surface area contributed by atoms with Crippen molar-refractivity contribution in [3.63, 3.8) is 0 Å². The standard InChI is InChI=1S/C17H16N2O3S2.ClH/c1-2-22-14-8-10-15(11-9-14)24(20,21)19-17-18-16(12-23-17)13-6-4-3-5-7-13;/h3-12H,2H2,1H3,(H,18,19);1H/p-1. The highest BCUT2D eigenvalue weighted by Gasteiger charge is 2.16. The van der Waals surface area contributed by atoms with Gasteiger partial charge in [-0.05, 0) is 31.2 Å². The second kappa shape index (κ2) is 8.33. The van der Waals surface area contributed by atoms with Gasteiger partial charge in [0.1, 0.15) is 5.75 Å². The minimum Gasteiger partial charge on any atom is -1.00 e. The van der Waals surface area contributed by atoms with Crippen LogP contribution in [0.1, 0.15) is 6.92 Å². The highest BCUT2D eigenvalue weighted by molar-refractivity contribution is 7.93. The first kappa shape index (κ1) is 19.2. The molecule has 8 heteroatoms. The van der Waals surface area contributed by atoms with Crippen LogP contribution in [-0.2, 0) is 10.0 Å². The summed E-state index contributed by atoms with van der Waals surface area (Å²) in [6, 6.07) is 15.9. The quantitative estimate of drug-likeness (QED) is 0.676. The summed E-state index contributed by atoms with van der Waals surface area (Å²) in [6.45, 7) is 2.41. The van der Waals surface area contributed by atoms with Gasteiger partial charge < -0.3 is 17.1 Å². The number of rotatable bonds is 6. The molecule has 0 aliphatic heterocycles. The Hall–Kier alpha value is -2.09. The molecule has 3 rings (SSSR count). The summed E-state index contributed by atoms with van der Waals surface area (Å²) >= 11 is 1.25. The van der Waals surface area contributed by atoms with E-state index in [0.717, 1.165) is 11.3 Å². The molecule has 0 saturated carbocycles. The van der Waals surface area contributed by atoms with Crippen molar-refractivity contribution < 1.29 is 25.6 Å². The number of nitrogens with zero attached hydrogens (tertiary/aromatic N) is 1. The topological polar surface area (TPSA) is 68.3 Å². The van der Waals surface area contributed by atoms with Crippen molar-refractivity contribution >= 4 is 26.5 Å². The van der Waals surface area contributed by atoms with Gasteiger partial charge in [0.2, 0.25) is 0 Å². The number of halogens is 1. The van der Waals surface area contributed by atoms with E-state index in [1.165, 1.54) is 23.5 Å². The lowest BCUT2D eigenvalue weighted by atomic mass is 10.2. The van der Waals surface area contributed by atoms with Gasteiger partial charge in [-0.2, -0.15) is 0 Å². The van der Waals surface area contributed by atoms with Crippen LogP contribution >= 0.6 is 11.3 Å². The third-order valence-corrected chi connectivity index (χ3v) is 5.48. The average molecular weight is 396 g/mol. The maximum Gasteiger partial charge on any atom is 0.263 e. The Morgan fingerprint density at radius 2 is 1.76 bits per heavy atom. The van der Waals surface area contributed by atoms with Crippen molar-refractivity contribution in [3.8, 4) is 17.0 Å². The fourth-order valence-electron chi connectivity index (χ4n) is 2.12. The lowest BCUT2D eigenvalue weighted by Crippen LogP contribution is -3.00. The van der Waals surface area contributed by atoms with Crippen LogP contribution in [0.15, 0.2) is 64.9 Å². The van der Waals surface area contributed by atoms with Crippen LogP contribution in [0.2, 0.25) is 0 Å². The Balaban J connectivity index is 0.00000225. The summed E-state index contributed by atoms with van der Waals surface area (Å²) in [5, 5.41) is 2.16. The molecule has 0 bridgehead atoms. The van der Waals surface area contributed by atoms with Gasteiger partial charge in [0, 0.05) is 10.9 Å². The van der Waals surface area contributed by atoms with Crippen LogP contribution in [0.25, 0.3) is 11.3 Å². The molecule has 0 amide bonds. The number of sulfonamides is 1. The van der Waals surface area contributed by atoms with Gasteiger partial charge in [0.05, 0.1) is 17.2 Å². The van der Waals surface area contributed by atoms with E-state index in [1.54, 1.807) is 12.1 Å². The summed E-state index contributed by atoms with van der Waals surface area (Å²) < 4.78 is 32.7. The third-order valence-electron chi connectivity index (χ3n) is 3.24. The second-order valence-corrected chi connectivity index (χ2v) is 7.45. The molecule has 0 radical (unpaired) electrons. The molecule has 0 aliphatic rings. The zero-order valence-corrected chi connectivity index (χ0v) is 15.7. The fraction of sp³-hybridized carbons (Fsp3) is 0.118. The number of hydrogen-bond donors (Lipinski definition) is 1. The summed E-state index contributed by atoms with van der Waals surface area (Å²) in [5.41, 5.74) is 1.69. The molecule has 2 aromatic carbocycles. The SMILES string of the molecule is CCOc1ccc(S(=O)(=O)Nc2nc(-c3ccccc3)cs2)cc1.[Cl-]. The van der Waals surface area contributed by atoms with Crippen molar-refractivity contribution in [2.45, 2.75) is 11.8 Å². The zero-order chi connectivity index (χ0) is 17.0. The van der Waals surface area contributed by atoms with Gasteiger partial charge in [-0.15, -0.1) is 11.3 Å². The van der Waals surface area contributed by atoms with Gasteiger partial charge in [0.15, 0.2) is 5.13 Å². The molecule has 25 heavy (non-hydrogen) atoms. The third kappa shape index (κ3) is 4.72. The Morgan fingerprint density at radius 1 is 1.08 bits per heavy atom. The normalized spacial score (nSPS) is 10.8. The first-order valence-corrected chi connectivity index (χ1v) is 9.71. The van der Waals surface area contributed by atoms with Gasteiger partial charge >= 0.3 is 0 Å². The van der Waals surface area contributed by atoms with Gasteiger partial charge in [-0.3, -0.25) is 4.72 Å². The Bertz CT molecular complexity index is 911. The first-order valence-electron chi connectivity index (χ1n) is 7.35. The first-order chi connectivity index (χ1) is 11.6. The van der Waals surface area contributed by atoms with Crippen LogP contribution in [0, 0.1) is 0 Å². The number of anilines is 1. The highest BCUT2D eigenvalue weighted by atomic mass is 35.5. The minimum atomic E-state index is -3.67. The summed E-state index contributed by atoms with van der Waals surface area (Å²) in [6.07, 6.45) is 0. The van der Waals surface area contributed by atoms with Crippen LogP contribution in [0.4, 0.5) is 5.13 Å². The molecule has 0 unspecified atom stereocenters. The number of aromatic nitrogens is 1. The van der Waals surface area contributed by atoms with Crippen LogP contribution in [0.5, 0.6) is 5.75 Å². The predicted molar refractivity (Wildman–Crippen MR) is 96.0 cm³/mol. The van der Waals surface area contributed by atoms with E-state index in [2.05, 4.69) is 9.71 Å². The molecule has 3 aromatic rings. The molecule has 132 valence electrons. The molecule has 1 N–H and O–H groups in total. The molecule has 0 atom stereocenters. The van der Waals surface area contributed by atoms with Crippen LogP contribution < -0.4 is 21.9 Å². The van der Waals surface area contributed by atoms with E-state index in [-0.39, 0.29) is 17.3 Å². The Labute approximate surface area is 157 Å². The molecule has 0 saturated heterocycles. The van der Waals surface area contributed by atoms with E-state index < -0.39 is 10.0 Å². The minimum absolute atomic E-state index is 0. The molecule has 1 heterocycles. The predicted octanol–water partition coefficient (Wildman–Crippen LogP) is 1.01. The van der Waals surface area contributed by atoms with Gasteiger partial charge in [-0.1, -0.05) is 30.3 Å². The summed E-state index contributed by atoms with van der Waals surface area (Å²) in [5.74, 6) is 0.636. The largest absolute Gasteiger partial charge is 1.00 e. The van der Waals surface area contributed by atoms with Crippen LogP contribution in [-0.4, -0.2) is 20.0 Å². The lowest BCUT2D eigenvalue weighted by Gasteiger charge is -2.07. The molecule has 0 spiro atoms. The molecular weight excluding hydrogens is 380 g/mol. The van der Waals surface area contributed by atoms with Gasteiger partial charge in [-0.25, -0.2) is 13.4 Å². The number of ether oxygens (including phenoxy) is 1. The number of benzene rings is 2. The monoisotopic (exact) mass is 395 g/mol. The Morgan fingerprint density at radius 3 is 2.40 bits per heavy atom. The maximum atomic E-state index is 12.4. The molecule has 1 aromatic heterocycles. The van der Waals surface area contributed by atoms with Crippen molar-refractivity contribution in [3.05, 3.63) is 60.0 Å². The highest BCUT2D eigenvalue weighted by Crippen LogP contribution is 2.26. The van der Waals surface area contributed by atoms with E-state index in [9.17, 15) is 8.42 Å². The molecule has 5 nitrogen and oxygen atoms in total. The Kier molecular flexibility index (Phi) is 6.41. The summed E-state index contributed by atoms with van der Waals surface area (Å²) in [7, 11) is -3.67. The van der Waals surface area contributed by atoms with Crippen molar-refractivity contribution in [1.29, 1.82) is 0 Å². The average Bonchev–Trinajstić information content (AvgIpc) is 3.04. The van der Waals surface area contributed by atoms with E-state index in [0.29, 0.717) is 17.5 Å². The van der Waals surface area contributed by atoms with Crippen molar-refractivity contribution in [1.82, 2.24) is 4.98 Å². The summed E-state index contributed by atoms with van der Waals surface area (Å²) in [4.78, 5) is 4.51. The number of hydrogen-bond acceptors (Lipinski definition) is 5. The second-order valence-electron chi connectivity index (χ2n) is 4.91. The van der Waals surface area contributed by atoms with Crippen molar-refractivity contribution in [2.24, 2.45) is 0 Å². The fourth-order valence-corrected chi connectivity index (χ4v) is 4.09. The number of thiazole rings is 1. The van der Waals surface area contributed by atoms with E-state index >= 15 is 0 Å². The van der Waals surface area contributed by atoms with Crippen molar-refractivity contribution in [2.75, 3.05) is 11.3 Å². The zero-order valence-electron chi connectivity index (χ0n) is 13.3. The lowest BCUT2D eigenvalue weighted by molar-refractivity contribution is -0.00000777. The molecule has 0 aliphatic carbocycles. The number of nitrogens with one attached hydrogen (secondary N) is 1. The van der Waals surface area contributed by atoms with Gasteiger partial charge in [0.25, 0.3) is 10.0 Å². The van der Waals surface area contributed by atoms with E-state index in [4.69, 9.17) is 4.74 Å². The van der Waals surface area contributed by atoms with E-state index in [1.807, 2.05) is 42.6 Å². The molecular formula is C17H16ClN2O3S2-.